The van der Waals surface area contributed by atoms with Crippen LogP contribution in [-0.4, -0.2) is 11.6 Å². The Balaban J connectivity index is 2.11. The Morgan fingerprint density at radius 1 is 1.09 bits per heavy atom. The summed E-state index contributed by atoms with van der Waals surface area (Å²) in [5, 5.41) is 0. The smallest absolute Gasteiger partial charge is 0.136 e. The van der Waals surface area contributed by atoms with Crippen LogP contribution in [0, 0.1) is 11.8 Å². The zero-order valence-electron chi connectivity index (χ0n) is 6.51. The second kappa shape index (κ2) is 2.43. The number of rotatable bonds is 0. The number of hydrogen-bond acceptors (Lipinski definition) is 2. The molecule has 2 fully saturated rings. The summed E-state index contributed by atoms with van der Waals surface area (Å²) in [4.78, 5) is 22.2. The van der Waals surface area contributed by atoms with E-state index < -0.39 is 0 Å². The Morgan fingerprint density at radius 2 is 1.91 bits per heavy atom. The lowest BCUT2D eigenvalue weighted by atomic mass is 9.81. The quantitative estimate of drug-likeness (QED) is 0.524. The zero-order chi connectivity index (χ0) is 7.84. The molecule has 0 radical (unpaired) electrons. The lowest BCUT2D eigenvalue weighted by Gasteiger charge is -2.22. The van der Waals surface area contributed by atoms with E-state index in [2.05, 4.69) is 0 Å². The molecule has 0 spiro atoms. The molecule has 0 heterocycles. The summed E-state index contributed by atoms with van der Waals surface area (Å²) < 4.78 is 0. The Morgan fingerprint density at radius 3 is 2.73 bits per heavy atom. The van der Waals surface area contributed by atoms with Gasteiger partial charge in [0.15, 0.2) is 0 Å². The van der Waals surface area contributed by atoms with Crippen molar-refractivity contribution in [2.75, 3.05) is 0 Å². The van der Waals surface area contributed by atoms with Gasteiger partial charge in [0, 0.05) is 25.2 Å². The Hall–Kier alpha value is -0.660. The molecule has 11 heavy (non-hydrogen) atoms. The summed E-state index contributed by atoms with van der Waals surface area (Å²) in [6.07, 6.45) is 3.85. The summed E-state index contributed by atoms with van der Waals surface area (Å²) in [6, 6.07) is 0. The van der Waals surface area contributed by atoms with Gasteiger partial charge in [-0.2, -0.15) is 0 Å². The van der Waals surface area contributed by atoms with Crippen LogP contribution in [0.5, 0.6) is 0 Å². The molecule has 0 aliphatic heterocycles. The van der Waals surface area contributed by atoms with Crippen molar-refractivity contribution in [2.45, 2.75) is 32.1 Å². The van der Waals surface area contributed by atoms with Crippen molar-refractivity contribution in [3.05, 3.63) is 0 Å². The Bertz CT molecular complexity index is 208. The van der Waals surface area contributed by atoms with Gasteiger partial charge >= 0.3 is 0 Å². The van der Waals surface area contributed by atoms with Gasteiger partial charge in [0.25, 0.3) is 0 Å². The molecule has 2 aliphatic rings. The minimum absolute atomic E-state index is 0.257. The first-order valence-electron chi connectivity index (χ1n) is 4.32. The largest absolute Gasteiger partial charge is 0.300 e. The highest BCUT2D eigenvalue weighted by molar-refractivity contribution is 5.88. The fourth-order valence-electron chi connectivity index (χ4n) is 2.33. The highest BCUT2D eigenvalue weighted by atomic mass is 16.1. The van der Waals surface area contributed by atoms with Crippen molar-refractivity contribution >= 4 is 11.6 Å². The molecule has 60 valence electrons. The molecule has 0 aromatic heterocycles. The fraction of sp³-hybridized carbons (Fsp3) is 0.778. The van der Waals surface area contributed by atoms with E-state index >= 15 is 0 Å². The topological polar surface area (TPSA) is 34.1 Å². The van der Waals surface area contributed by atoms with E-state index in [9.17, 15) is 9.59 Å². The van der Waals surface area contributed by atoms with Crippen LogP contribution in [-0.2, 0) is 9.59 Å². The lowest BCUT2D eigenvalue weighted by Crippen LogP contribution is -2.24. The predicted octanol–water partition coefficient (Wildman–Crippen LogP) is 1.33. The number of carbonyl (C=O) groups is 2. The first-order valence-corrected chi connectivity index (χ1v) is 4.32. The highest BCUT2D eigenvalue weighted by Crippen LogP contribution is 2.38. The number of Topliss-reactive ketones (excluding diaryl/α,β-unsaturated/α-hetero) is 2. The van der Waals surface area contributed by atoms with Crippen molar-refractivity contribution in [1.29, 1.82) is 0 Å². The fourth-order valence-corrected chi connectivity index (χ4v) is 2.33. The third-order valence-electron chi connectivity index (χ3n) is 2.97. The van der Waals surface area contributed by atoms with Gasteiger partial charge in [0.1, 0.15) is 11.6 Å². The van der Waals surface area contributed by atoms with Crippen molar-refractivity contribution < 1.29 is 9.59 Å². The van der Waals surface area contributed by atoms with Crippen LogP contribution < -0.4 is 0 Å². The minimum Gasteiger partial charge on any atom is -0.300 e. The van der Waals surface area contributed by atoms with E-state index in [4.69, 9.17) is 0 Å². The van der Waals surface area contributed by atoms with Crippen LogP contribution in [0.3, 0.4) is 0 Å². The van der Waals surface area contributed by atoms with E-state index in [1.54, 1.807) is 0 Å². The van der Waals surface area contributed by atoms with Crippen LogP contribution >= 0.6 is 0 Å². The summed E-state index contributed by atoms with van der Waals surface area (Å²) in [6.45, 7) is 0. The molecule has 2 atom stereocenters. The van der Waals surface area contributed by atoms with Gasteiger partial charge < -0.3 is 0 Å². The zero-order valence-corrected chi connectivity index (χ0v) is 6.51. The van der Waals surface area contributed by atoms with E-state index in [0.717, 1.165) is 19.3 Å². The van der Waals surface area contributed by atoms with E-state index in [0.29, 0.717) is 30.3 Å². The van der Waals surface area contributed by atoms with Gasteiger partial charge in [0.05, 0.1) is 0 Å². The SMILES string of the molecule is O=C1CC[C@@H]2C(=O)CC[C@H]2C1. The van der Waals surface area contributed by atoms with Gasteiger partial charge in [0.2, 0.25) is 0 Å². The van der Waals surface area contributed by atoms with Gasteiger partial charge in [-0.3, -0.25) is 9.59 Å². The summed E-state index contributed by atoms with van der Waals surface area (Å²) in [5.74, 6) is 1.44. The Kier molecular flexibility index (Phi) is 1.55. The maximum absolute atomic E-state index is 11.2. The predicted molar refractivity (Wildman–Crippen MR) is 40.1 cm³/mol. The molecule has 2 heteroatoms. The molecule has 0 unspecified atom stereocenters. The number of ketones is 2. The van der Waals surface area contributed by atoms with Crippen LogP contribution in [0.1, 0.15) is 32.1 Å². The van der Waals surface area contributed by atoms with Crippen LogP contribution in [0.15, 0.2) is 0 Å². The molecular formula is C9H12O2. The van der Waals surface area contributed by atoms with E-state index in [-0.39, 0.29) is 5.92 Å². The maximum atomic E-state index is 11.2. The van der Waals surface area contributed by atoms with Crippen LogP contribution in [0.4, 0.5) is 0 Å². The molecule has 2 aliphatic carbocycles. The maximum Gasteiger partial charge on any atom is 0.136 e. The van der Waals surface area contributed by atoms with E-state index in [1.165, 1.54) is 0 Å². The van der Waals surface area contributed by atoms with Crippen molar-refractivity contribution in [3.8, 4) is 0 Å². The summed E-state index contributed by atoms with van der Waals surface area (Å²) in [7, 11) is 0. The minimum atomic E-state index is 0.257. The summed E-state index contributed by atoms with van der Waals surface area (Å²) >= 11 is 0. The third kappa shape index (κ3) is 1.10. The van der Waals surface area contributed by atoms with Gasteiger partial charge in [-0.15, -0.1) is 0 Å². The van der Waals surface area contributed by atoms with Crippen molar-refractivity contribution in [3.63, 3.8) is 0 Å². The molecule has 0 bridgehead atoms. The second-order valence-corrected chi connectivity index (χ2v) is 3.65. The highest BCUT2D eigenvalue weighted by Gasteiger charge is 2.38. The lowest BCUT2D eigenvalue weighted by molar-refractivity contribution is -0.126. The number of fused-ring (bicyclic) bond motifs is 1. The molecule has 2 rings (SSSR count). The average molecular weight is 152 g/mol. The normalized spacial score (nSPS) is 37.5. The monoisotopic (exact) mass is 152 g/mol. The Labute approximate surface area is 66.0 Å². The number of carbonyl (C=O) groups excluding carboxylic acids is 2. The molecule has 0 amide bonds. The first kappa shape index (κ1) is 7.01. The van der Waals surface area contributed by atoms with Gasteiger partial charge in [-0.25, -0.2) is 0 Å². The molecule has 2 nitrogen and oxygen atoms in total. The molecule has 0 aromatic rings. The first-order chi connectivity index (χ1) is 5.27. The van der Waals surface area contributed by atoms with E-state index in [1.807, 2.05) is 0 Å². The van der Waals surface area contributed by atoms with Gasteiger partial charge in [-0.05, 0) is 18.8 Å². The third-order valence-corrected chi connectivity index (χ3v) is 2.97. The molecular weight excluding hydrogens is 140 g/mol. The average Bonchev–Trinajstić information content (AvgIpc) is 2.32. The van der Waals surface area contributed by atoms with Crippen LogP contribution in [0.2, 0.25) is 0 Å². The van der Waals surface area contributed by atoms with Gasteiger partial charge in [-0.1, -0.05) is 0 Å². The molecule has 2 saturated carbocycles. The van der Waals surface area contributed by atoms with Crippen LogP contribution in [0.25, 0.3) is 0 Å². The molecule has 0 saturated heterocycles. The van der Waals surface area contributed by atoms with Crippen molar-refractivity contribution in [2.24, 2.45) is 11.8 Å². The number of hydrogen-bond donors (Lipinski definition) is 0. The molecule has 0 N–H and O–H groups in total. The second-order valence-electron chi connectivity index (χ2n) is 3.65. The molecule has 0 aromatic carbocycles. The standard InChI is InChI=1S/C9H12O2/c10-7-2-3-8-6(5-7)1-4-9(8)11/h6,8H,1-5H2/t6-,8-/m0/s1. The summed E-state index contributed by atoms with van der Waals surface area (Å²) in [5.41, 5.74) is 0. The van der Waals surface area contributed by atoms with Crippen molar-refractivity contribution in [1.82, 2.24) is 0 Å².